The van der Waals surface area contributed by atoms with Gasteiger partial charge in [-0.25, -0.2) is 4.68 Å². The van der Waals surface area contributed by atoms with Gasteiger partial charge < -0.3 is 9.64 Å². The third-order valence-electron chi connectivity index (χ3n) is 5.20. The molecule has 0 saturated carbocycles. The number of ether oxygens (including phenoxy) is 1. The number of likely N-dealkylation sites (tertiary alicyclic amines) is 1. The number of rotatable bonds is 5. The van der Waals surface area contributed by atoms with Crippen LogP contribution < -0.4 is 0 Å². The van der Waals surface area contributed by atoms with Crippen molar-refractivity contribution in [2.75, 3.05) is 20.2 Å². The lowest BCUT2D eigenvalue weighted by Crippen LogP contribution is -2.40. The minimum atomic E-state index is -0.162. The van der Waals surface area contributed by atoms with Crippen LogP contribution in [-0.2, 0) is 20.7 Å². The van der Waals surface area contributed by atoms with E-state index in [0.29, 0.717) is 38.8 Å². The predicted molar refractivity (Wildman–Crippen MR) is 103 cm³/mol. The van der Waals surface area contributed by atoms with Crippen LogP contribution >= 0.6 is 0 Å². The molecule has 0 atom stereocenters. The number of benzene rings is 1. The van der Waals surface area contributed by atoms with Gasteiger partial charge in [-0.05, 0) is 56.9 Å². The summed E-state index contributed by atoms with van der Waals surface area (Å²) in [6.45, 7) is 5.29. The molecule has 2 heterocycles. The molecule has 6 heteroatoms. The average Bonchev–Trinajstić information content (AvgIpc) is 3.04. The largest absolute Gasteiger partial charge is 0.469 e. The molecule has 6 nitrogen and oxygen atoms in total. The van der Waals surface area contributed by atoms with Crippen molar-refractivity contribution in [3.05, 3.63) is 47.3 Å². The Kier molecular flexibility index (Phi) is 5.94. The summed E-state index contributed by atoms with van der Waals surface area (Å²) < 4.78 is 6.72. The number of carbonyl (C=O) groups is 2. The van der Waals surface area contributed by atoms with Crippen LogP contribution in [0.25, 0.3) is 5.69 Å². The fraction of sp³-hybridized carbons (Fsp3) is 0.476. The molecule has 27 heavy (non-hydrogen) atoms. The topological polar surface area (TPSA) is 64.4 Å². The molecule has 0 bridgehead atoms. The number of amides is 1. The van der Waals surface area contributed by atoms with E-state index in [1.54, 1.807) is 0 Å². The zero-order valence-electron chi connectivity index (χ0n) is 16.3. The van der Waals surface area contributed by atoms with Gasteiger partial charge in [-0.15, -0.1) is 0 Å². The summed E-state index contributed by atoms with van der Waals surface area (Å²) in [6.07, 6.45) is 2.58. The molecule has 1 aromatic carbocycles. The second-order valence-corrected chi connectivity index (χ2v) is 7.18. The van der Waals surface area contributed by atoms with E-state index in [1.807, 2.05) is 35.6 Å². The summed E-state index contributed by atoms with van der Waals surface area (Å²) in [7, 11) is 1.42. The molecule has 0 radical (unpaired) electrons. The number of aromatic nitrogens is 2. The fourth-order valence-electron chi connectivity index (χ4n) is 3.63. The van der Waals surface area contributed by atoms with Gasteiger partial charge in [0.15, 0.2) is 0 Å². The molecule has 3 rings (SSSR count). The van der Waals surface area contributed by atoms with Crippen LogP contribution in [0.1, 0.15) is 36.2 Å². The van der Waals surface area contributed by atoms with Gasteiger partial charge >= 0.3 is 5.97 Å². The molecule has 1 amide bonds. The zero-order chi connectivity index (χ0) is 19.4. The van der Waals surface area contributed by atoms with Gasteiger partial charge in [-0.3, -0.25) is 9.59 Å². The van der Waals surface area contributed by atoms with E-state index in [4.69, 9.17) is 4.74 Å². The number of methoxy groups -OCH3 is 1. The maximum Gasteiger partial charge on any atom is 0.308 e. The molecule has 1 aliphatic rings. The first-order valence-electron chi connectivity index (χ1n) is 9.46. The first-order chi connectivity index (χ1) is 13.0. The molecule has 1 fully saturated rings. The first-order valence-corrected chi connectivity index (χ1v) is 9.46. The van der Waals surface area contributed by atoms with E-state index < -0.39 is 0 Å². The minimum absolute atomic E-state index is 0.0685. The number of nitrogens with zero attached hydrogens (tertiary/aromatic N) is 3. The van der Waals surface area contributed by atoms with Crippen LogP contribution in [0.5, 0.6) is 0 Å². The summed E-state index contributed by atoms with van der Waals surface area (Å²) >= 11 is 0. The molecular formula is C21H27N3O3. The Morgan fingerprint density at radius 3 is 2.37 bits per heavy atom. The van der Waals surface area contributed by atoms with E-state index in [0.717, 1.165) is 22.6 Å². The van der Waals surface area contributed by atoms with Gasteiger partial charge in [0.05, 0.1) is 24.4 Å². The minimum Gasteiger partial charge on any atom is -0.469 e. The number of hydrogen-bond acceptors (Lipinski definition) is 4. The molecule has 0 spiro atoms. The third-order valence-corrected chi connectivity index (χ3v) is 5.20. The van der Waals surface area contributed by atoms with Gasteiger partial charge in [-0.2, -0.15) is 5.10 Å². The predicted octanol–water partition coefficient (Wildman–Crippen LogP) is 2.83. The molecule has 1 saturated heterocycles. The SMILES string of the molecule is COC(=O)C1CCN(C(=O)CCc2ccc(-n3nc(C)cc3C)cc2)CC1. The summed E-state index contributed by atoms with van der Waals surface area (Å²) in [6, 6.07) is 10.3. The Balaban J connectivity index is 1.51. The number of esters is 1. The highest BCUT2D eigenvalue weighted by Crippen LogP contribution is 2.20. The monoisotopic (exact) mass is 369 g/mol. The molecule has 144 valence electrons. The van der Waals surface area contributed by atoms with Crippen LogP contribution in [0.15, 0.2) is 30.3 Å². The lowest BCUT2D eigenvalue weighted by molar-refractivity contribution is -0.148. The highest BCUT2D eigenvalue weighted by molar-refractivity contribution is 5.77. The molecule has 0 N–H and O–H groups in total. The molecule has 0 aliphatic carbocycles. The molecule has 2 aromatic rings. The van der Waals surface area contributed by atoms with E-state index in [1.165, 1.54) is 7.11 Å². The van der Waals surface area contributed by atoms with Crippen LogP contribution in [-0.4, -0.2) is 46.8 Å². The summed E-state index contributed by atoms with van der Waals surface area (Å²) in [5, 5.41) is 4.49. The van der Waals surface area contributed by atoms with Crippen molar-refractivity contribution in [1.82, 2.24) is 14.7 Å². The van der Waals surface area contributed by atoms with Crippen LogP contribution in [0.2, 0.25) is 0 Å². The van der Waals surface area contributed by atoms with Crippen molar-refractivity contribution >= 4 is 11.9 Å². The van der Waals surface area contributed by atoms with E-state index in [9.17, 15) is 9.59 Å². The van der Waals surface area contributed by atoms with Gasteiger partial charge in [0.25, 0.3) is 0 Å². The zero-order valence-corrected chi connectivity index (χ0v) is 16.3. The van der Waals surface area contributed by atoms with Crippen molar-refractivity contribution in [1.29, 1.82) is 0 Å². The van der Waals surface area contributed by atoms with Crippen molar-refractivity contribution < 1.29 is 14.3 Å². The van der Waals surface area contributed by atoms with Crippen molar-refractivity contribution in [2.24, 2.45) is 5.92 Å². The lowest BCUT2D eigenvalue weighted by Gasteiger charge is -2.30. The van der Waals surface area contributed by atoms with Gasteiger partial charge in [-0.1, -0.05) is 12.1 Å². The Morgan fingerprint density at radius 2 is 1.81 bits per heavy atom. The molecule has 1 aliphatic heterocycles. The average molecular weight is 369 g/mol. The van der Waals surface area contributed by atoms with E-state index in [-0.39, 0.29) is 17.8 Å². The molecular weight excluding hydrogens is 342 g/mol. The van der Waals surface area contributed by atoms with Gasteiger partial charge in [0, 0.05) is 25.2 Å². The van der Waals surface area contributed by atoms with Crippen molar-refractivity contribution in [3.63, 3.8) is 0 Å². The normalized spacial score (nSPS) is 15.0. The quantitative estimate of drug-likeness (QED) is 0.760. The molecule has 1 aromatic heterocycles. The van der Waals surface area contributed by atoms with E-state index in [2.05, 4.69) is 23.3 Å². The number of aryl methyl sites for hydroxylation is 3. The third kappa shape index (κ3) is 4.56. The first kappa shape index (κ1) is 19.1. The number of carbonyl (C=O) groups excluding carboxylic acids is 2. The van der Waals surface area contributed by atoms with Crippen molar-refractivity contribution in [2.45, 2.75) is 39.5 Å². The summed E-state index contributed by atoms with van der Waals surface area (Å²) in [5.41, 5.74) is 4.27. The van der Waals surface area contributed by atoms with Crippen LogP contribution in [0.3, 0.4) is 0 Å². The Labute approximate surface area is 160 Å². The number of piperidine rings is 1. The van der Waals surface area contributed by atoms with Crippen LogP contribution in [0.4, 0.5) is 0 Å². The Morgan fingerprint density at radius 1 is 1.15 bits per heavy atom. The summed E-state index contributed by atoms with van der Waals surface area (Å²) in [4.78, 5) is 25.9. The maximum atomic E-state index is 12.4. The standard InChI is InChI=1S/C21H27N3O3/c1-15-14-16(2)24(22-15)19-7-4-17(5-8-19)6-9-20(25)23-12-10-18(11-13-23)21(26)27-3/h4-5,7-8,14,18H,6,9-13H2,1-3H3. The van der Waals surface area contributed by atoms with Crippen molar-refractivity contribution in [3.8, 4) is 5.69 Å². The van der Waals surface area contributed by atoms with Gasteiger partial charge in [0.2, 0.25) is 5.91 Å². The second kappa shape index (κ2) is 8.37. The second-order valence-electron chi connectivity index (χ2n) is 7.18. The highest BCUT2D eigenvalue weighted by Gasteiger charge is 2.27. The maximum absolute atomic E-state index is 12.4. The Hall–Kier alpha value is -2.63. The summed E-state index contributed by atoms with van der Waals surface area (Å²) in [5.74, 6) is -0.0771. The fourth-order valence-corrected chi connectivity index (χ4v) is 3.63. The smallest absolute Gasteiger partial charge is 0.308 e. The highest BCUT2D eigenvalue weighted by atomic mass is 16.5. The Bertz CT molecular complexity index is 803. The van der Waals surface area contributed by atoms with E-state index >= 15 is 0 Å². The lowest BCUT2D eigenvalue weighted by atomic mass is 9.96. The van der Waals surface area contributed by atoms with Crippen LogP contribution in [0, 0.1) is 19.8 Å². The molecule has 0 unspecified atom stereocenters. The number of hydrogen-bond donors (Lipinski definition) is 0. The van der Waals surface area contributed by atoms with Gasteiger partial charge in [0.1, 0.15) is 0 Å².